The van der Waals surface area contributed by atoms with Crippen LogP contribution in [0.15, 0.2) is 18.2 Å². The SMILES string of the molecule is COc1ccc(Cl)cc1NC(=O)CCNC(=O)CC1CCCN1.Cl. The molecule has 8 heteroatoms. The molecule has 2 amide bonds. The van der Waals surface area contributed by atoms with Gasteiger partial charge >= 0.3 is 0 Å². The van der Waals surface area contributed by atoms with Crippen LogP contribution in [0.3, 0.4) is 0 Å². The molecule has 1 saturated heterocycles. The standard InChI is InChI=1S/C16H22ClN3O3.ClH/c1-23-14-5-4-11(17)9-13(14)20-15(21)6-8-19-16(22)10-12-3-2-7-18-12;/h4-5,9,12,18H,2-3,6-8,10H2,1H3,(H,19,22)(H,20,21);1H. The Morgan fingerprint density at radius 2 is 2.17 bits per heavy atom. The summed E-state index contributed by atoms with van der Waals surface area (Å²) >= 11 is 5.91. The van der Waals surface area contributed by atoms with Crippen LogP contribution >= 0.6 is 24.0 Å². The highest BCUT2D eigenvalue weighted by molar-refractivity contribution is 6.31. The molecule has 24 heavy (non-hydrogen) atoms. The zero-order chi connectivity index (χ0) is 16.7. The summed E-state index contributed by atoms with van der Waals surface area (Å²) in [7, 11) is 1.52. The molecule has 0 aliphatic carbocycles. The molecule has 1 unspecified atom stereocenters. The number of hydrogen-bond donors (Lipinski definition) is 3. The van der Waals surface area contributed by atoms with Gasteiger partial charge in [-0.3, -0.25) is 9.59 Å². The van der Waals surface area contributed by atoms with Gasteiger partial charge in [-0.15, -0.1) is 12.4 Å². The van der Waals surface area contributed by atoms with Gasteiger partial charge in [0.2, 0.25) is 11.8 Å². The van der Waals surface area contributed by atoms with Crippen LogP contribution in [0, 0.1) is 0 Å². The maximum Gasteiger partial charge on any atom is 0.226 e. The van der Waals surface area contributed by atoms with E-state index in [1.165, 1.54) is 7.11 Å². The molecule has 0 bridgehead atoms. The summed E-state index contributed by atoms with van der Waals surface area (Å²) in [4.78, 5) is 23.7. The van der Waals surface area contributed by atoms with Gasteiger partial charge in [-0.25, -0.2) is 0 Å². The lowest BCUT2D eigenvalue weighted by Gasteiger charge is -2.12. The molecule has 1 heterocycles. The highest BCUT2D eigenvalue weighted by Gasteiger charge is 2.17. The van der Waals surface area contributed by atoms with Crippen LogP contribution in [-0.2, 0) is 9.59 Å². The number of anilines is 1. The Morgan fingerprint density at radius 3 is 2.83 bits per heavy atom. The first-order valence-electron chi connectivity index (χ1n) is 7.72. The summed E-state index contributed by atoms with van der Waals surface area (Å²) in [5.41, 5.74) is 0.520. The fraction of sp³-hybridized carbons (Fsp3) is 0.500. The molecular weight excluding hydrogens is 353 g/mol. The molecule has 0 radical (unpaired) electrons. The van der Waals surface area contributed by atoms with E-state index in [-0.39, 0.29) is 36.7 Å². The van der Waals surface area contributed by atoms with Crippen molar-refractivity contribution in [1.29, 1.82) is 0 Å². The maximum absolute atomic E-state index is 11.9. The number of benzene rings is 1. The smallest absolute Gasteiger partial charge is 0.226 e. The van der Waals surface area contributed by atoms with Crippen molar-refractivity contribution in [2.45, 2.75) is 31.7 Å². The Bertz CT molecular complexity index is 563. The minimum atomic E-state index is -0.204. The number of carbonyl (C=O) groups excluding carboxylic acids is 2. The molecule has 1 fully saturated rings. The third-order valence-electron chi connectivity index (χ3n) is 3.70. The van der Waals surface area contributed by atoms with Crippen molar-refractivity contribution in [3.8, 4) is 5.75 Å². The van der Waals surface area contributed by atoms with Crippen LogP contribution in [0.2, 0.25) is 5.02 Å². The summed E-state index contributed by atoms with van der Waals surface area (Å²) in [6, 6.07) is 5.27. The summed E-state index contributed by atoms with van der Waals surface area (Å²) in [6.07, 6.45) is 2.80. The highest BCUT2D eigenvalue weighted by Crippen LogP contribution is 2.27. The van der Waals surface area contributed by atoms with E-state index in [2.05, 4.69) is 16.0 Å². The van der Waals surface area contributed by atoms with E-state index < -0.39 is 0 Å². The summed E-state index contributed by atoms with van der Waals surface area (Å²) in [5.74, 6) is 0.307. The molecule has 1 aliphatic heterocycles. The number of rotatable bonds is 7. The van der Waals surface area contributed by atoms with Crippen molar-refractivity contribution in [1.82, 2.24) is 10.6 Å². The van der Waals surface area contributed by atoms with Crippen molar-refractivity contribution >= 4 is 41.5 Å². The largest absolute Gasteiger partial charge is 0.495 e. The third-order valence-corrected chi connectivity index (χ3v) is 3.94. The van der Waals surface area contributed by atoms with E-state index in [9.17, 15) is 9.59 Å². The van der Waals surface area contributed by atoms with Crippen LogP contribution in [0.4, 0.5) is 5.69 Å². The van der Waals surface area contributed by atoms with Crippen molar-refractivity contribution in [2.24, 2.45) is 0 Å². The predicted molar refractivity (Wildman–Crippen MR) is 97.2 cm³/mol. The summed E-state index contributed by atoms with van der Waals surface area (Å²) in [5, 5.41) is 9.29. The van der Waals surface area contributed by atoms with E-state index in [0.29, 0.717) is 29.4 Å². The van der Waals surface area contributed by atoms with Crippen LogP contribution in [0.25, 0.3) is 0 Å². The van der Waals surface area contributed by atoms with Crippen LogP contribution in [0.5, 0.6) is 5.75 Å². The molecule has 1 atom stereocenters. The fourth-order valence-corrected chi connectivity index (χ4v) is 2.71. The molecule has 3 N–H and O–H groups in total. The van der Waals surface area contributed by atoms with E-state index in [0.717, 1.165) is 19.4 Å². The minimum Gasteiger partial charge on any atom is -0.495 e. The Labute approximate surface area is 153 Å². The molecule has 1 aromatic carbocycles. The molecule has 2 rings (SSSR count). The minimum absolute atomic E-state index is 0. The predicted octanol–water partition coefficient (Wildman–Crippen LogP) is 2.36. The van der Waals surface area contributed by atoms with Gasteiger partial charge in [0.1, 0.15) is 5.75 Å². The number of methoxy groups -OCH3 is 1. The Hall–Kier alpha value is -1.50. The number of carbonyl (C=O) groups is 2. The summed E-state index contributed by atoms with van der Waals surface area (Å²) < 4.78 is 5.17. The van der Waals surface area contributed by atoms with Gasteiger partial charge < -0.3 is 20.7 Å². The molecule has 0 saturated carbocycles. The molecule has 0 spiro atoms. The molecule has 1 aliphatic rings. The van der Waals surface area contributed by atoms with Crippen molar-refractivity contribution in [2.75, 3.05) is 25.5 Å². The van der Waals surface area contributed by atoms with Gasteiger partial charge in [-0.2, -0.15) is 0 Å². The lowest BCUT2D eigenvalue weighted by atomic mass is 10.1. The van der Waals surface area contributed by atoms with Crippen LogP contribution < -0.4 is 20.7 Å². The van der Waals surface area contributed by atoms with E-state index in [1.54, 1.807) is 18.2 Å². The van der Waals surface area contributed by atoms with Gasteiger partial charge in [-0.1, -0.05) is 11.6 Å². The molecule has 6 nitrogen and oxygen atoms in total. The van der Waals surface area contributed by atoms with E-state index in [1.807, 2.05) is 0 Å². The van der Waals surface area contributed by atoms with Crippen molar-refractivity contribution < 1.29 is 14.3 Å². The zero-order valence-corrected chi connectivity index (χ0v) is 15.1. The van der Waals surface area contributed by atoms with Crippen molar-refractivity contribution in [3.05, 3.63) is 23.2 Å². The number of nitrogens with one attached hydrogen (secondary N) is 3. The number of hydrogen-bond acceptors (Lipinski definition) is 4. The first-order chi connectivity index (χ1) is 11.1. The highest BCUT2D eigenvalue weighted by atomic mass is 35.5. The van der Waals surface area contributed by atoms with Crippen molar-refractivity contribution in [3.63, 3.8) is 0 Å². The molecule has 0 aromatic heterocycles. The van der Waals surface area contributed by atoms with Gasteiger partial charge in [0, 0.05) is 30.5 Å². The lowest BCUT2D eigenvalue weighted by Crippen LogP contribution is -2.33. The number of amides is 2. The second-order valence-electron chi connectivity index (χ2n) is 5.49. The second-order valence-corrected chi connectivity index (χ2v) is 5.93. The summed E-state index contributed by atoms with van der Waals surface area (Å²) in [6.45, 7) is 1.28. The normalized spacial score (nSPS) is 16.2. The van der Waals surface area contributed by atoms with Crippen LogP contribution in [-0.4, -0.2) is 38.1 Å². The number of halogens is 2. The van der Waals surface area contributed by atoms with E-state index >= 15 is 0 Å². The molecular formula is C16H23Cl2N3O3. The van der Waals surface area contributed by atoms with Gasteiger partial charge in [0.25, 0.3) is 0 Å². The molecule has 134 valence electrons. The fourth-order valence-electron chi connectivity index (χ4n) is 2.53. The quantitative estimate of drug-likeness (QED) is 0.683. The average Bonchev–Trinajstić information content (AvgIpc) is 3.00. The number of ether oxygens (including phenoxy) is 1. The topological polar surface area (TPSA) is 79.5 Å². The molecule has 1 aromatic rings. The van der Waals surface area contributed by atoms with Crippen LogP contribution in [0.1, 0.15) is 25.7 Å². The monoisotopic (exact) mass is 375 g/mol. The van der Waals surface area contributed by atoms with Gasteiger partial charge in [0.15, 0.2) is 0 Å². The average molecular weight is 376 g/mol. The lowest BCUT2D eigenvalue weighted by molar-refractivity contribution is -0.121. The second kappa shape index (κ2) is 10.4. The van der Waals surface area contributed by atoms with E-state index in [4.69, 9.17) is 16.3 Å². The zero-order valence-electron chi connectivity index (χ0n) is 13.6. The Balaban J connectivity index is 0.00000288. The third kappa shape index (κ3) is 6.55. The first kappa shape index (κ1) is 20.5. The maximum atomic E-state index is 11.9. The van der Waals surface area contributed by atoms with Gasteiger partial charge in [0.05, 0.1) is 12.8 Å². The van der Waals surface area contributed by atoms with Gasteiger partial charge in [-0.05, 0) is 37.6 Å². The Kier molecular flexibility index (Phi) is 8.89. The Morgan fingerprint density at radius 1 is 1.38 bits per heavy atom. The first-order valence-corrected chi connectivity index (χ1v) is 8.09.